The van der Waals surface area contributed by atoms with Crippen LogP contribution in [0.4, 0.5) is 5.82 Å². The van der Waals surface area contributed by atoms with Crippen LogP contribution in [0, 0.1) is 0 Å². The Morgan fingerprint density at radius 2 is 1.57 bits per heavy atom. The van der Waals surface area contributed by atoms with E-state index in [1.54, 1.807) is 12.1 Å². The van der Waals surface area contributed by atoms with Gasteiger partial charge in [0, 0.05) is 56.0 Å². The summed E-state index contributed by atoms with van der Waals surface area (Å²) < 4.78 is 23.4. The lowest BCUT2D eigenvalue weighted by Gasteiger charge is -2.29. The molecule has 3 amide bonds. The molecule has 0 aliphatic carbocycles. The number of imide groups is 1. The molecule has 3 aromatic carbocycles. The molecule has 12 heteroatoms. The van der Waals surface area contributed by atoms with E-state index in [0.29, 0.717) is 67.9 Å². The zero-order chi connectivity index (χ0) is 33.9. The van der Waals surface area contributed by atoms with Crippen LogP contribution in [0.2, 0.25) is 0 Å². The van der Waals surface area contributed by atoms with Gasteiger partial charge < -0.3 is 28.4 Å². The Bertz CT molecular complexity index is 2010. The second kappa shape index (κ2) is 13.8. The molecule has 2 aliphatic rings. The van der Waals surface area contributed by atoms with Crippen molar-refractivity contribution in [1.29, 1.82) is 0 Å². The van der Waals surface area contributed by atoms with Crippen molar-refractivity contribution in [3.63, 3.8) is 0 Å². The number of aromatic nitrogens is 2. The predicted molar refractivity (Wildman–Crippen MR) is 181 cm³/mol. The summed E-state index contributed by atoms with van der Waals surface area (Å²) in [5, 5.41) is 2.32. The summed E-state index contributed by atoms with van der Waals surface area (Å²) in [6, 6.07) is 22.2. The number of piperidine rings is 1. The van der Waals surface area contributed by atoms with Gasteiger partial charge in [-0.15, -0.1) is 0 Å². The van der Waals surface area contributed by atoms with Gasteiger partial charge >= 0.3 is 0 Å². The number of anilines is 1. The average molecular weight is 662 g/mol. The normalized spacial score (nSPS) is 15.8. The molecule has 7 rings (SSSR count). The molecule has 0 saturated carbocycles. The van der Waals surface area contributed by atoms with Gasteiger partial charge in [-0.3, -0.25) is 19.7 Å². The lowest BCUT2D eigenvalue weighted by molar-refractivity contribution is -0.136. The highest BCUT2D eigenvalue weighted by atomic mass is 16.5. The van der Waals surface area contributed by atoms with Crippen LogP contribution in [0.1, 0.15) is 28.8 Å². The highest BCUT2D eigenvalue weighted by molar-refractivity contribution is 6.05. The van der Waals surface area contributed by atoms with E-state index in [1.165, 1.54) is 4.90 Å². The van der Waals surface area contributed by atoms with E-state index in [4.69, 9.17) is 18.6 Å². The fourth-order valence-electron chi connectivity index (χ4n) is 5.92. The van der Waals surface area contributed by atoms with Gasteiger partial charge in [-0.1, -0.05) is 12.1 Å². The van der Waals surface area contributed by atoms with E-state index in [-0.39, 0.29) is 18.2 Å². The number of carbonyl (C=O) groups excluding carboxylic acids is 3. The lowest BCUT2D eigenvalue weighted by Crippen LogP contribution is -2.52. The fraction of sp³-hybridized carbons (Fsp3) is 0.270. The minimum absolute atomic E-state index is 0.215. The van der Waals surface area contributed by atoms with Crippen molar-refractivity contribution >= 4 is 34.6 Å². The molecule has 4 heterocycles. The van der Waals surface area contributed by atoms with Crippen LogP contribution in [-0.4, -0.2) is 79.2 Å². The van der Waals surface area contributed by atoms with E-state index in [1.807, 2.05) is 79.8 Å². The van der Waals surface area contributed by atoms with Crippen LogP contribution in [0.25, 0.3) is 33.7 Å². The number of hydrogen-bond donors (Lipinski definition) is 1. The van der Waals surface area contributed by atoms with Crippen LogP contribution < -0.4 is 19.7 Å². The third kappa shape index (κ3) is 6.95. The van der Waals surface area contributed by atoms with Crippen molar-refractivity contribution in [2.24, 2.45) is 0 Å². The summed E-state index contributed by atoms with van der Waals surface area (Å²) >= 11 is 0. The predicted octanol–water partition coefficient (Wildman–Crippen LogP) is 4.86. The van der Waals surface area contributed by atoms with E-state index in [0.717, 1.165) is 33.6 Å². The molecule has 2 aliphatic heterocycles. The van der Waals surface area contributed by atoms with Gasteiger partial charge in [0.1, 0.15) is 42.1 Å². The number of ether oxygens (including phenoxy) is 3. The number of hydrogen-bond acceptors (Lipinski definition) is 10. The zero-order valence-corrected chi connectivity index (χ0v) is 27.2. The number of oxazole rings is 1. The Kier molecular flexibility index (Phi) is 8.95. The molecular weight excluding hydrogens is 626 g/mol. The zero-order valence-electron chi connectivity index (χ0n) is 27.2. The van der Waals surface area contributed by atoms with E-state index in [9.17, 15) is 14.4 Å². The number of benzene rings is 3. The number of fused-ring (bicyclic) bond motifs is 2. The number of pyridine rings is 1. The van der Waals surface area contributed by atoms with Gasteiger partial charge in [0.15, 0.2) is 5.58 Å². The smallest absolute Gasteiger partial charge is 0.255 e. The van der Waals surface area contributed by atoms with Crippen LogP contribution in [0.15, 0.2) is 83.4 Å². The van der Waals surface area contributed by atoms with Gasteiger partial charge in [-0.2, -0.15) is 0 Å². The molecule has 0 spiro atoms. The van der Waals surface area contributed by atoms with E-state index in [2.05, 4.69) is 21.4 Å². The summed E-state index contributed by atoms with van der Waals surface area (Å²) in [6.07, 6.45) is 2.41. The quantitative estimate of drug-likeness (QED) is 0.146. The third-order valence-electron chi connectivity index (χ3n) is 8.52. The summed E-state index contributed by atoms with van der Waals surface area (Å²) in [5.41, 5.74) is 5.66. The Morgan fingerprint density at radius 3 is 2.29 bits per heavy atom. The first-order chi connectivity index (χ1) is 23.8. The largest absolute Gasteiger partial charge is 0.491 e. The second-order valence-electron chi connectivity index (χ2n) is 12.1. The minimum atomic E-state index is -0.646. The monoisotopic (exact) mass is 661 g/mol. The minimum Gasteiger partial charge on any atom is -0.491 e. The van der Waals surface area contributed by atoms with E-state index >= 15 is 0 Å². The molecule has 1 saturated heterocycles. The van der Waals surface area contributed by atoms with Crippen LogP contribution >= 0.6 is 0 Å². The second-order valence-corrected chi connectivity index (χ2v) is 12.1. The molecule has 250 valence electrons. The fourth-order valence-corrected chi connectivity index (χ4v) is 5.92. The molecular formula is C37H35N5O7. The van der Waals surface area contributed by atoms with Crippen LogP contribution in [0.3, 0.4) is 0 Å². The lowest BCUT2D eigenvalue weighted by atomic mass is 10.0. The van der Waals surface area contributed by atoms with Gasteiger partial charge in [0.25, 0.3) is 5.91 Å². The highest BCUT2D eigenvalue weighted by Crippen LogP contribution is 2.31. The number of rotatable bonds is 12. The number of nitrogens with one attached hydrogen (secondary N) is 1. The molecule has 1 unspecified atom stereocenters. The molecule has 49 heavy (non-hydrogen) atoms. The Balaban J connectivity index is 0.852. The van der Waals surface area contributed by atoms with Crippen molar-refractivity contribution in [3.05, 3.63) is 90.1 Å². The first kappa shape index (κ1) is 31.8. The summed E-state index contributed by atoms with van der Waals surface area (Å²) in [7, 11) is 3.93. The molecule has 0 bridgehead atoms. The Hall–Kier alpha value is -5.75. The molecule has 1 atom stereocenters. The summed E-state index contributed by atoms with van der Waals surface area (Å²) in [4.78, 5) is 49.2. The molecule has 12 nitrogen and oxygen atoms in total. The SMILES string of the molecule is CN(C)c1ccc(-c2ccc(-c3nc4ccc(OCCOCCOc5ccc6c(c5)CN(C5CCC(=O)NC5=O)C6=O)cc4o3)cc2)cn1. The summed E-state index contributed by atoms with van der Waals surface area (Å²) in [6.45, 7) is 1.67. The van der Waals surface area contributed by atoms with Gasteiger partial charge in [-0.05, 0) is 72.1 Å². The van der Waals surface area contributed by atoms with Crippen molar-refractivity contribution in [3.8, 4) is 34.1 Å². The molecule has 1 fully saturated rings. The molecule has 0 radical (unpaired) electrons. The Labute approximate surface area is 282 Å². The first-order valence-electron chi connectivity index (χ1n) is 16.1. The number of amides is 3. The number of nitrogens with zero attached hydrogens (tertiary/aromatic N) is 4. The van der Waals surface area contributed by atoms with Crippen LogP contribution in [0.5, 0.6) is 11.5 Å². The van der Waals surface area contributed by atoms with Gasteiger partial charge in [0.2, 0.25) is 17.7 Å². The number of carbonyl (C=O) groups is 3. The van der Waals surface area contributed by atoms with Gasteiger partial charge in [0.05, 0.1) is 13.2 Å². The standard InChI is InChI=1S/C37H35N5O7/c1-41(2)33-13-7-25(21-38-33)23-3-5-24(6-4-23)36-39-30-11-9-28(20-32(30)49-36)48-18-16-46-15-17-47-27-8-10-29-26(19-27)22-42(37(29)45)31-12-14-34(43)40-35(31)44/h3-11,13,19-21,31H,12,14-18,22H2,1-2H3,(H,40,43,44). The third-order valence-corrected chi connectivity index (χ3v) is 8.52. The Morgan fingerprint density at radius 1 is 0.857 bits per heavy atom. The highest BCUT2D eigenvalue weighted by Gasteiger charge is 2.39. The van der Waals surface area contributed by atoms with Crippen molar-refractivity contribution < 1.29 is 33.0 Å². The van der Waals surface area contributed by atoms with Crippen molar-refractivity contribution in [1.82, 2.24) is 20.2 Å². The molecule has 2 aromatic heterocycles. The van der Waals surface area contributed by atoms with Crippen molar-refractivity contribution in [2.75, 3.05) is 45.4 Å². The first-order valence-corrected chi connectivity index (χ1v) is 16.1. The maximum Gasteiger partial charge on any atom is 0.255 e. The molecule has 5 aromatic rings. The van der Waals surface area contributed by atoms with E-state index < -0.39 is 11.9 Å². The summed E-state index contributed by atoms with van der Waals surface area (Å²) in [5.74, 6) is 1.75. The topological polar surface area (TPSA) is 136 Å². The maximum atomic E-state index is 12.9. The van der Waals surface area contributed by atoms with Gasteiger partial charge in [-0.25, -0.2) is 9.97 Å². The maximum absolute atomic E-state index is 12.9. The average Bonchev–Trinajstić information content (AvgIpc) is 3.68. The molecule has 1 N–H and O–H groups in total. The van der Waals surface area contributed by atoms with Crippen LogP contribution in [-0.2, 0) is 20.9 Å². The van der Waals surface area contributed by atoms with Crippen molar-refractivity contribution in [2.45, 2.75) is 25.4 Å².